The number of carbonyl (C=O) groups is 2. The smallest absolute Gasteiger partial charge is 0.338 e. The number of allylic oxidation sites excluding steroid dienone is 2. The molecule has 10 heteroatoms. The van der Waals surface area contributed by atoms with Crippen LogP contribution >= 0.6 is 11.3 Å². The molecule has 0 saturated heterocycles. The van der Waals surface area contributed by atoms with Crippen LogP contribution < -0.4 is 29.1 Å². The Morgan fingerprint density at radius 3 is 2.45 bits per heavy atom. The zero-order chi connectivity index (χ0) is 27.4. The van der Waals surface area contributed by atoms with E-state index in [9.17, 15) is 14.4 Å². The zero-order valence-corrected chi connectivity index (χ0v) is 22.3. The maximum absolute atomic E-state index is 13.6. The normalized spacial score (nSPS) is 15.2. The molecule has 1 aromatic heterocycles. The number of benzene rings is 2. The molecule has 1 aliphatic rings. The summed E-state index contributed by atoms with van der Waals surface area (Å²) < 4.78 is 23.0. The molecule has 1 unspecified atom stereocenters. The highest BCUT2D eigenvalue weighted by Crippen LogP contribution is 2.36. The van der Waals surface area contributed by atoms with Crippen LogP contribution in [0, 0.1) is 0 Å². The molecule has 2 heterocycles. The molecule has 196 valence electrons. The zero-order valence-electron chi connectivity index (χ0n) is 21.5. The summed E-state index contributed by atoms with van der Waals surface area (Å²) in [5, 5.41) is 0. The Bertz CT molecular complexity index is 1650. The van der Waals surface area contributed by atoms with Crippen LogP contribution in [0.1, 0.15) is 31.0 Å². The molecule has 0 bridgehead atoms. The average molecular weight is 535 g/mol. The van der Waals surface area contributed by atoms with Crippen LogP contribution in [0.4, 0.5) is 0 Å². The molecule has 4 rings (SSSR count). The summed E-state index contributed by atoms with van der Waals surface area (Å²) in [4.78, 5) is 43.0. The van der Waals surface area contributed by atoms with Crippen LogP contribution in [-0.2, 0) is 14.3 Å². The fourth-order valence-corrected chi connectivity index (χ4v) is 5.16. The van der Waals surface area contributed by atoms with Gasteiger partial charge in [0.05, 0.1) is 43.2 Å². The highest BCUT2D eigenvalue weighted by Gasteiger charge is 2.33. The second-order valence-electron chi connectivity index (χ2n) is 8.20. The number of hydrogen-bond acceptors (Lipinski definition) is 9. The van der Waals surface area contributed by atoms with E-state index in [2.05, 4.69) is 4.99 Å². The first-order valence-electron chi connectivity index (χ1n) is 11.6. The number of methoxy groups -OCH3 is 3. The van der Waals surface area contributed by atoms with E-state index in [1.807, 2.05) is 30.3 Å². The molecule has 0 N–H and O–H groups in total. The number of thiazole rings is 1. The average Bonchev–Trinajstić information content (AvgIpc) is 3.22. The number of esters is 2. The minimum Gasteiger partial charge on any atom is -0.496 e. The van der Waals surface area contributed by atoms with Crippen LogP contribution in [0.25, 0.3) is 12.2 Å². The quantitative estimate of drug-likeness (QED) is 0.339. The van der Waals surface area contributed by atoms with Gasteiger partial charge in [-0.15, -0.1) is 0 Å². The van der Waals surface area contributed by atoms with Gasteiger partial charge in [-0.1, -0.05) is 47.8 Å². The van der Waals surface area contributed by atoms with E-state index in [0.29, 0.717) is 26.3 Å². The molecule has 0 spiro atoms. The lowest BCUT2D eigenvalue weighted by Crippen LogP contribution is -2.39. The Balaban J connectivity index is 1.87. The Morgan fingerprint density at radius 1 is 1.03 bits per heavy atom. The summed E-state index contributed by atoms with van der Waals surface area (Å²) >= 11 is 1.21. The third-order valence-corrected chi connectivity index (χ3v) is 6.85. The van der Waals surface area contributed by atoms with Crippen molar-refractivity contribution in [1.82, 2.24) is 4.57 Å². The van der Waals surface area contributed by atoms with E-state index >= 15 is 0 Å². The van der Waals surface area contributed by atoms with Crippen molar-refractivity contribution in [3.05, 3.63) is 90.6 Å². The first-order valence-corrected chi connectivity index (χ1v) is 12.4. The molecule has 2 aromatic carbocycles. The minimum absolute atomic E-state index is 0.220. The summed E-state index contributed by atoms with van der Waals surface area (Å²) in [5.74, 6) is 0.0975. The summed E-state index contributed by atoms with van der Waals surface area (Å²) in [6.45, 7) is 2.98. The van der Waals surface area contributed by atoms with Crippen molar-refractivity contribution in [3.63, 3.8) is 0 Å². The van der Waals surface area contributed by atoms with Crippen molar-refractivity contribution >= 4 is 35.4 Å². The lowest BCUT2D eigenvalue weighted by molar-refractivity contribution is -0.136. The Hall–Kier alpha value is -4.44. The Kier molecular flexibility index (Phi) is 7.92. The van der Waals surface area contributed by atoms with E-state index in [4.69, 9.17) is 18.9 Å². The van der Waals surface area contributed by atoms with E-state index in [0.717, 1.165) is 5.56 Å². The van der Waals surface area contributed by atoms with Crippen molar-refractivity contribution in [2.75, 3.05) is 21.3 Å². The number of ether oxygens (including phenoxy) is 4. The van der Waals surface area contributed by atoms with Gasteiger partial charge < -0.3 is 18.9 Å². The van der Waals surface area contributed by atoms with Crippen molar-refractivity contribution in [2.24, 2.45) is 4.99 Å². The molecular formula is C28H26N2O7S. The third kappa shape index (κ3) is 5.16. The number of para-hydroxylation sites is 1. The van der Waals surface area contributed by atoms with Gasteiger partial charge in [-0.3, -0.25) is 14.2 Å². The molecule has 0 fully saturated rings. The fourth-order valence-electron chi connectivity index (χ4n) is 4.16. The van der Waals surface area contributed by atoms with Gasteiger partial charge in [0.15, 0.2) is 16.3 Å². The Morgan fingerprint density at radius 2 is 1.76 bits per heavy atom. The minimum atomic E-state index is -0.834. The Labute approximate surface area is 222 Å². The third-order valence-electron chi connectivity index (χ3n) is 5.85. The van der Waals surface area contributed by atoms with Crippen LogP contribution in [0.15, 0.2) is 69.6 Å². The van der Waals surface area contributed by atoms with Gasteiger partial charge in [-0.05, 0) is 36.8 Å². The molecular weight excluding hydrogens is 508 g/mol. The van der Waals surface area contributed by atoms with Crippen molar-refractivity contribution < 1.29 is 28.5 Å². The van der Waals surface area contributed by atoms with Gasteiger partial charge in [-0.25, -0.2) is 9.79 Å². The first kappa shape index (κ1) is 26.6. The fraction of sp³-hybridized carbons (Fsp3) is 0.214. The van der Waals surface area contributed by atoms with Gasteiger partial charge in [0, 0.05) is 12.5 Å². The molecule has 3 aromatic rings. The van der Waals surface area contributed by atoms with Gasteiger partial charge >= 0.3 is 11.9 Å². The standard InChI is InChI=1S/C28H26N2O7S/c1-16-24(27(33)36-5)25(19-13-14-21(37-17(2)31)22(15-19)35-4)30-26(32)23(38-28(30)29-16)12-8-10-18-9-6-7-11-20(18)34-3/h6-15,25H,1-5H3/b10-8+,23-12-. The van der Waals surface area contributed by atoms with Crippen LogP contribution in [0.3, 0.4) is 0 Å². The number of nitrogens with zero attached hydrogens (tertiary/aromatic N) is 2. The van der Waals surface area contributed by atoms with Crippen LogP contribution in [-0.4, -0.2) is 37.8 Å². The summed E-state index contributed by atoms with van der Waals surface area (Å²) in [7, 11) is 4.31. The molecule has 9 nitrogen and oxygen atoms in total. The van der Waals surface area contributed by atoms with E-state index in [1.165, 1.54) is 37.0 Å². The van der Waals surface area contributed by atoms with E-state index in [-0.39, 0.29) is 22.6 Å². The molecule has 1 atom stereocenters. The summed E-state index contributed by atoms with van der Waals surface area (Å²) in [6.07, 6.45) is 5.32. The topological polar surface area (TPSA) is 105 Å². The van der Waals surface area contributed by atoms with E-state index < -0.39 is 18.0 Å². The monoisotopic (exact) mass is 534 g/mol. The van der Waals surface area contributed by atoms with Crippen molar-refractivity contribution in [2.45, 2.75) is 19.9 Å². The predicted octanol–water partition coefficient (Wildman–Crippen LogP) is 3.02. The molecule has 0 radical (unpaired) electrons. The largest absolute Gasteiger partial charge is 0.496 e. The van der Waals surface area contributed by atoms with Crippen LogP contribution in [0.2, 0.25) is 0 Å². The second-order valence-corrected chi connectivity index (χ2v) is 9.21. The number of rotatable bonds is 7. The van der Waals surface area contributed by atoms with E-state index in [1.54, 1.807) is 44.4 Å². The molecule has 0 amide bonds. The number of aromatic nitrogens is 1. The SMILES string of the molecule is COC(=O)C1=C(C)N=c2s/c(=C\C=C\c3ccccc3OC)c(=O)n2C1c1ccc(OC(C)=O)c(OC)c1. The highest BCUT2D eigenvalue weighted by atomic mass is 32.1. The lowest BCUT2D eigenvalue weighted by atomic mass is 9.95. The summed E-state index contributed by atoms with van der Waals surface area (Å²) in [5.41, 5.74) is 1.76. The number of carbonyl (C=O) groups excluding carboxylic acids is 2. The first-order chi connectivity index (χ1) is 18.3. The molecule has 38 heavy (non-hydrogen) atoms. The maximum Gasteiger partial charge on any atom is 0.338 e. The molecule has 1 aliphatic heterocycles. The van der Waals surface area contributed by atoms with Gasteiger partial charge in [0.25, 0.3) is 5.56 Å². The second kappa shape index (κ2) is 11.3. The summed E-state index contributed by atoms with van der Waals surface area (Å²) in [6, 6.07) is 11.6. The number of fused-ring (bicyclic) bond motifs is 1. The predicted molar refractivity (Wildman–Crippen MR) is 143 cm³/mol. The van der Waals surface area contributed by atoms with Crippen molar-refractivity contribution in [1.29, 1.82) is 0 Å². The van der Waals surface area contributed by atoms with Gasteiger partial charge in [0.1, 0.15) is 5.75 Å². The molecule has 0 aliphatic carbocycles. The number of hydrogen-bond donors (Lipinski definition) is 0. The van der Waals surface area contributed by atoms with Crippen molar-refractivity contribution in [3.8, 4) is 17.2 Å². The molecule has 0 saturated carbocycles. The maximum atomic E-state index is 13.6. The van der Waals surface area contributed by atoms with Crippen LogP contribution in [0.5, 0.6) is 17.2 Å². The lowest BCUT2D eigenvalue weighted by Gasteiger charge is -2.25. The highest BCUT2D eigenvalue weighted by molar-refractivity contribution is 7.07. The van der Waals surface area contributed by atoms with Gasteiger partial charge in [-0.2, -0.15) is 0 Å². The van der Waals surface area contributed by atoms with Gasteiger partial charge in [0.2, 0.25) is 0 Å².